The molecule has 0 bridgehead atoms. The Morgan fingerprint density at radius 3 is 2.14 bits per heavy atom. The van der Waals surface area contributed by atoms with Crippen LogP contribution in [0.5, 0.6) is 0 Å². The van der Waals surface area contributed by atoms with Gasteiger partial charge in [-0.15, -0.1) is 0 Å². The number of nitrogens with two attached hydrogens (primary N) is 1. The molecule has 0 aliphatic carbocycles. The fraction of sp³-hybridized carbons (Fsp3) is 0.625. The van der Waals surface area contributed by atoms with Crippen LogP contribution in [0.2, 0.25) is 0 Å². The fourth-order valence-corrected chi connectivity index (χ4v) is 2.46. The Bertz CT molecular complexity index is 380. The lowest BCUT2D eigenvalue weighted by Crippen LogP contribution is -2.38. The summed E-state index contributed by atoms with van der Waals surface area (Å²) >= 11 is 0. The molecular weight excluding hydrogens is 268 g/mol. The topological polar surface area (TPSA) is 57.0 Å². The zero-order valence-corrected chi connectivity index (χ0v) is 13.4. The van der Waals surface area contributed by atoms with Crippen LogP contribution in [0.1, 0.15) is 17.2 Å². The molecule has 21 heavy (non-hydrogen) atoms. The molecule has 0 fully saturated rings. The number of ether oxygens (including phenoxy) is 3. The summed E-state index contributed by atoms with van der Waals surface area (Å²) in [6.45, 7) is 4.13. The Morgan fingerprint density at radius 1 is 1.00 bits per heavy atom. The number of rotatable bonds is 11. The Balaban J connectivity index is 2.94. The maximum atomic E-state index is 6.05. The van der Waals surface area contributed by atoms with Crippen LogP contribution < -0.4 is 5.73 Å². The van der Waals surface area contributed by atoms with Crippen LogP contribution in [0.4, 0.5) is 0 Å². The Morgan fingerprint density at radius 2 is 1.62 bits per heavy atom. The molecule has 0 amide bonds. The average molecular weight is 296 g/mol. The summed E-state index contributed by atoms with van der Waals surface area (Å²) in [5, 5.41) is 0. The standard InChI is InChI=1S/C16H28N2O3/c1-19-10-8-18(9-11-20-2)16(12-17)15-7-5-4-6-14(15)13-21-3/h4-7,16H,8-13,17H2,1-3H3. The van der Waals surface area contributed by atoms with Crippen LogP contribution in [0, 0.1) is 0 Å². The molecule has 120 valence electrons. The van der Waals surface area contributed by atoms with E-state index in [1.807, 2.05) is 12.1 Å². The molecule has 5 nitrogen and oxygen atoms in total. The molecule has 0 heterocycles. The molecule has 1 unspecified atom stereocenters. The Kier molecular flexibility index (Phi) is 9.21. The number of methoxy groups -OCH3 is 3. The predicted molar refractivity (Wildman–Crippen MR) is 84.3 cm³/mol. The number of benzene rings is 1. The molecule has 0 saturated carbocycles. The second kappa shape index (κ2) is 10.7. The van der Waals surface area contributed by atoms with Gasteiger partial charge in [-0.2, -0.15) is 0 Å². The molecule has 1 rings (SSSR count). The van der Waals surface area contributed by atoms with Crippen molar-refractivity contribution in [3.05, 3.63) is 35.4 Å². The minimum atomic E-state index is 0.140. The van der Waals surface area contributed by atoms with Crippen molar-refractivity contribution in [2.75, 3.05) is 54.2 Å². The van der Waals surface area contributed by atoms with Crippen LogP contribution in [0.15, 0.2) is 24.3 Å². The van der Waals surface area contributed by atoms with Crippen molar-refractivity contribution < 1.29 is 14.2 Å². The van der Waals surface area contributed by atoms with Crippen molar-refractivity contribution in [2.45, 2.75) is 12.6 Å². The molecule has 0 aliphatic rings. The van der Waals surface area contributed by atoms with Crippen LogP contribution in [-0.2, 0) is 20.8 Å². The van der Waals surface area contributed by atoms with Gasteiger partial charge in [0.2, 0.25) is 0 Å². The minimum Gasteiger partial charge on any atom is -0.383 e. The quantitative estimate of drug-likeness (QED) is 0.669. The van der Waals surface area contributed by atoms with Crippen molar-refractivity contribution in [2.24, 2.45) is 5.73 Å². The summed E-state index contributed by atoms with van der Waals surface area (Å²) in [7, 11) is 5.14. The highest BCUT2D eigenvalue weighted by atomic mass is 16.5. The minimum absolute atomic E-state index is 0.140. The lowest BCUT2D eigenvalue weighted by atomic mass is 9.99. The van der Waals surface area contributed by atoms with Gasteiger partial charge < -0.3 is 19.9 Å². The van der Waals surface area contributed by atoms with Gasteiger partial charge in [-0.05, 0) is 11.1 Å². The average Bonchev–Trinajstić information content (AvgIpc) is 2.51. The molecule has 1 atom stereocenters. The first-order valence-corrected chi connectivity index (χ1v) is 7.27. The van der Waals surface area contributed by atoms with Crippen LogP contribution in [-0.4, -0.2) is 59.1 Å². The zero-order valence-electron chi connectivity index (χ0n) is 13.4. The van der Waals surface area contributed by atoms with Crippen molar-refractivity contribution in [3.8, 4) is 0 Å². The molecule has 1 aromatic rings. The monoisotopic (exact) mass is 296 g/mol. The summed E-state index contributed by atoms with van der Waals surface area (Å²) in [4.78, 5) is 2.31. The zero-order chi connectivity index (χ0) is 15.5. The highest BCUT2D eigenvalue weighted by Gasteiger charge is 2.21. The van der Waals surface area contributed by atoms with Crippen molar-refractivity contribution in [3.63, 3.8) is 0 Å². The van der Waals surface area contributed by atoms with Gasteiger partial charge in [0, 0.05) is 47.0 Å². The van der Waals surface area contributed by atoms with E-state index in [1.54, 1.807) is 21.3 Å². The van der Waals surface area contributed by atoms with Crippen LogP contribution in [0.3, 0.4) is 0 Å². The van der Waals surface area contributed by atoms with Crippen LogP contribution in [0.25, 0.3) is 0 Å². The maximum absolute atomic E-state index is 6.05. The number of hydrogen-bond acceptors (Lipinski definition) is 5. The van der Waals surface area contributed by atoms with E-state index < -0.39 is 0 Å². The second-order valence-corrected chi connectivity index (χ2v) is 4.90. The summed E-state index contributed by atoms with van der Waals surface area (Å²) < 4.78 is 15.7. The fourth-order valence-electron chi connectivity index (χ4n) is 2.46. The first kappa shape index (κ1) is 18.1. The molecule has 0 saturated heterocycles. The molecular formula is C16H28N2O3. The molecule has 0 aromatic heterocycles. The highest BCUT2D eigenvalue weighted by molar-refractivity contribution is 5.30. The Labute approximate surface area is 128 Å². The third kappa shape index (κ3) is 5.73. The summed E-state index contributed by atoms with van der Waals surface area (Å²) in [6.07, 6.45) is 0. The summed E-state index contributed by atoms with van der Waals surface area (Å²) in [5.41, 5.74) is 8.44. The largest absolute Gasteiger partial charge is 0.383 e. The molecule has 0 aliphatic heterocycles. The van der Waals surface area contributed by atoms with Crippen molar-refractivity contribution in [1.82, 2.24) is 4.90 Å². The van der Waals surface area contributed by atoms with E-state index in [-0.39, 0.29) is 6.04 Å². The SMILES string of the molecule is COCCN(CCOC)C(CN)c1ccccc1COC. The maximum Gasteiger partial charge on any atom is 0.0716 e. The molecule has 2 N–H and O–H groups in total. The molecule has 5 heteroatoms. The van der Waals surface area contributed by atoms with E-state index in [2.05, 4.69) is 17.0 Å². The van der Waals surface area contributed by atoms with Crippen molar-refractivity contribution >= 4 is 0 Å². The van der Waals surface area contributed by atoms with Gasteiger partial charge >= 0.3 is 0 Å². The highest BCUT2D eigenvalue weighted by Crippen LogP contribution is 2.23. The normalized spacial score (nSPS) is 12.8. The van der Waals surface area contributed by atoms with Gasteiger partial charge in [0.25, 0.3) is 0 Å². The third-order valence-electron chi connectivity index (χ3n) is 3.54. The van der Waals surface area contributed by atoms with Gasteiger partial charge in [0.05, 0.1) is 19.8 Å². The smallest absolute Gasteiger partial charge is 0.0716 e. The van der Waals surface area contributed by atoms with Crippen molar-refractivity contribution in [1.29, 1.82) is 0 Å². The van der Waals surface area contributed by atoms with Gasteiger partial charge in [-0.1, -0.05) is 24.3 Å². The number of hydrogen-bond donors (Lipinski definition) is 1. The second-order valence-electron chi connectivity index (χ2n) is 4.90. The predicted octanol–water partition coefficient (Wildman–Crippen LogP) is 1.43. The lowest BCUT2D eigenvalue weighted by molar-refractivity contribution is 0.0880. The van der Waals surface area contributed by atoms with E-state index in [0.717, 1.165) is 13.1 Å². The first-order valence-electron chi connectivity index (χ1n) is 7.27. The molecule has 1 aromatic carbocycles. The van der Waals surface area contributed by atoms with Gasteiger partial charge in [-0.25, -0.2) is 0 Å². The van der Waals surface area contributed by atoms with Gasteiger partial charge in [0.15, 0.2) is 0 Å². The molecule has 0 spiro atoms. The van der Waals surface area contributed by atoms with Gasteiger partial charge in [0.1, 0.15) is 0 Å². The van der Waals surface area contributed by atoms with E-state index >= 15 is 0 Å². The van der Waals surface area contributed by atoms with E-state index in [0.29, 0.717) is 26.4 Å². The van der Waals surface area contributed by atoms with E-state index in [4.69, 9.17) is 19.9 Å². The Hall–Kier alpha value is -0.980. The van der Waals surface area contributed by atoms with Gasteiger partial charge in [-0.3, -0.25) is 4.90 Å². The first-order chi connectivity index (χ1) is 10.3. The number of nitrogens with zero attached hydrogens (tertiary/aromatic N) is 1. The van der Waals surface area contributed by atoms with E-state index in [1.165, 1.54) is 11.1 Å². The summed E-state index contributed by atoms with van der Waals surface area (Å²) in [5.74, 6) is 0. The van der Waals surface area contributed by atoms with Crippen LogP contribution >= 0.6 is 0 Å². The van der Waals surface area contributed by atoms with E-state index in [9.17, 15) is 0 Å². The summed E-state index contributed by atoms with van der Waals surface area (Å²) in [6, 6.07) is 8.42. The molecule has 0 radical (unpaired) electrons. The lowest BCUT2D eigenvalue weighted by Gasteiger charge is -2.32. The third-order valence-corrected chi connectivity index (χ3v) is 3.54.